The molecule has 27 heavy (non-hydrogen) atoms. The molecule has 0 amide bonds. The van der Waals surface area contributed by atoms with Gasteiger partial charge in [-0.05, 0) is 62.1 Å². The highest BCUT2D eigenvalue weighted by Gasteiger charge is 2.59. The smallest absolute Gasteiger partial charge is 0.307 e. The number of aryl methyl sites for hydroxylation is 1. The minimum atomic E-state index is -0.637. The van der Waals surface area contributed by atoms with Crippen LogP contribution in [0.15, 0.2) is 18.2 Å². The molecule has 0 spiro atoms. The van der Waals surface area contributed by atoms with Gasteiger partial charge in [0.15, 0.2) is 0 Å². The second kappa shape index (κ2) is 5.31. The molecule has 6 rings (SSSR count). The van der Waals surface area contributed by atoms with Crippen molar-refractivity contribution < 1.29 is 9.90 Å². The lowest BCUT2D eigenvalue weighted by atomic mass is 9.96. The van der Waals surface area contributed by atoms with E-state index in [1.807, 2.05) is 0 Å². The van der Waals surface area contributed by atoms with Crippen LogP contribution in [0.4, 0.5) is 5.95 Å². The summed E-state index contributed by atoms with van der Waals surface area (Å²) in [5.41, 5.74) is 7.39. The third kappa shape index (κ3) is 2.14. The fraction of sp³-hybridized carbons (Fsp3) is 0.500. The van der Waals surface area contributed by atoms with Gasteiger partial charge in [-0.1, -0.05) is 12.1 Å². The molecule has 5 nitrogen and oxygen atoms in total. The van der Waals surface area contributed by atoms with E-state index in [1.54, 1.807) is 0 Å². The molecule has 1 N–H and O–H groups in total. The van der Waals surface area contributed by atoms with Crippen molar-refractivity contribution in [2.75, 3.05) is 11.4 Å². The first-order valence-corrected chi connectivity index (χ1v) is 10.1. The second-order valence-corrected chi connectivity index (χ2v) is 8.65. The van der Waals surface area contributed by atoms with E-state index in [1.165, 1.54) is 34.4 Å². The first-order chi connectivity index (χ1) is 13.1. The van der Waals surface area contributed by atoms with E-state index >= 15 is 0 Å². The predicted octanol–water partition coefficient (Wildman–Crippen LogP) is 3.20. The van der Waals surface area contributed by atoms with Gasteiger partial charge in [-0.15, -0.1) is 0 Å². The summed E-state index contributed by atoms with van der Waals surface area (Å²) >= 11 is 0. The number of fused-ring (bicyclic) bond motifs is 4. The molecular formula is C22H23N3O2. The molecule has 5 heteroatoms. The van der Waals surface area contributed by atoms with E-state index in [0.29, 0.717) is 12.0 Å². The number of nitrogens with zero attached hydrogens (tertiary/aromatic N) is 3. The Balaban J connectivity index is 1.41. The van der Waals surface area contributed by atoms with Gasteiger partial charge >= 0.3 is 5.97 Å². The Kier molecular flexibility index (Phi) is 3.07. The minimum absolute atomic E-state index is 0.161. The van der Waals surface area contributed by atoms with Gasteiger partial charge in [0.25, 0.3) is 0 Å². The van der Waals surface area contributed by atoms with Crippen LogP contribution in [0.1, 0.15) is 48.1 Å². The van der Waals surface area contributed by atoms with Crippen LogP contribution >= 0.6 is 0 Å². The van der Waals surface area contributed by atoms with Crippen LogP contribution < -0.4 is 4.90 Å². The van der Waals surface area contributed by atoms with Crippen molar-refractivity contribution in [1.29, 1.82) is 0 Å². The third-order valence-electron chi connectivity index (χ3n) is 7.18. The summed E-state index contributed by atoms with van der Waals surface area (Å²) in [6.45, 7) is 3.28. The number of aromatic nitrogens is 2. The lowest BCUT2D eigenvalue weighted by Gasteiger charge is -2.39. The molecule has 2 heterocycles. The number of aliphatic carboxylic acids is 1. The maximum Gasteiger partial charge on any atom is 0.307 e. The number of carboxylic acid groups (broad SMARTS) is 1. The van der Waals surface area contributed by atoms with Crippen molar-refractivity contribution in [2.45, 2.75) is 51.0 Å². The van der Waals surface area contributed by atoms with Crippen molar-refractivity contribution in [3.8, 4) is 11.3 Å². The molecule has 3 unspecified atom stereocenters. The standard InChI is InChI=1S/C22H23N3O2/c1-11-7-8-25(11)22-23-17-4-2-3-15(17)20(24-22)12-5-6-14-13(9-12)10-16-18(14)19(16)21(26)27/h5-6,9,11,16,18-19H,2-4,7-8,10H2,1H3,(H,26,27)/t11-,16?,18?,19?/m0/s1. The summed E-state index contributed by atoms with van der Waals surface area (Å²) in [5.74, 6) is 0.632. The van der Waals surface area contributed by atoms with Crippen molar-refractivity contribution in [2.24, 2.45) is 11.8 Å². The normalized spacial score (nSPS) is 29.7. The highest BCUT2D eigenvalue weighted by Crippen LogP contribution is 2.61. The average molecular weight is 361 g/mol. The van der Waals surface area contributed by atoms with Crippen LogP contribution in [0.3, 0.4) is 0 Å². The van der Waals surface area contributed by atoms with E-state index in [0.717, 1.165) is 43.9 Å². The summed E-state index contributed by atoms with van der Waals surface area (Å²) < 4.78 is 0. The molecule has 2 fully saturated rings. The van der Waals surface area contributed by atoms with Crippen LogP contribution in [0.25, 0.3) is 11.3 Å². The highest BCUT2D eigenvalue weighted by atomic mass is 16.4. The lowest BCUT2D eigenvalue weighted by Crippen LogP contribution is -2.46. The van der Waals surface area contributed by atoms with E-state index in [9.17, 15) is 9.90 Å². The summed E-state index contributed by atoms with van der Waals surface area (Å²) in [6.07, 6.45) is 5.38. The summed E-state index contributed by atoms with van der Waals surface area (Å²) in [4.78, 5) is 23.5. The van der Waals surface area contributed by atoms with Gasteiger partial charge in [-0.2, -0.15) is 0 Å². The van der Waals surface area contributed by atoms with Crippen LogP contribution in [0.5, 0.6) is 0 Å². The molecule has 1 aromatic heterocycles. The quantitative estimate of drug-likeness (QED) is 0.909. The number of anilines is 1. The van der Waals surface area contributed by atoms with Gasteiger partial charge in [0.2, 0.25) is 5.95 Å². The van der Waals surface area contributed by atoms with Gasteiger partial charge in [0.1, 0.15) is 0 Å². The minimum Gasteiger partial charge on any atom is -0.481 e. The average Bonchev–Trinajstić information content (AvgIpc) is 2.99. The van der Waals surface area contributed by atoms with Crippen LogP contribution in [0.2, 0.25) is 0 Å². The van der Waals surface area contributed by atoms with Gasteiger partial charge in [-0.3, -0.25) is 4.79 Å². The SMILES string of the molecule is C[C@H]1CCN1c1nc2c(c(-c3ccc4c(c3)CC3C(C(=O)O)C43)n1)CCC2. The molecule has 3 aliphatic carbocycles. The molecule has 138 valence electrons. The third-order valence-corrected chi connectivity index (χ3v) is 7.18. The molecular weight excluding hydrogens is 338 g/mol. The van der Waals surface area contributed by atoms with E-state index in [2.05, 4.69) is 30.0 Å². The zero-order valence-corrected chi connectivity index (χ0v) is 15.5. The number of carbonyl (C=O) groups is 1. The largest absolute Gasteiger partial charge is 0.481 e. The fourth-order valence-electron chi connectivity index (χ4n) is 5.50. The molecule has 1 aromatic carbocycles. The molecule has 1 saturated heterocycles. The topological polar surface area (TPSA) is 66.3 Å². The molecule has 0 radical (unpaired) electrons. The molecule has 1 saturated carbocycles. The van der Waals surface area contributed by atoms with Gasteiger partial charge < -0.3 is 10.0 Å². The van der Waals surface area contributed by atoms with Crippen LogP contribution in [-0.2, 0) is 24.1 Å². The zero-order valence-electron chi connectivity index (χ0n) is 15.5. The highest BCUT2D eigenvalue weighted by molar-refractivity contribution is 5.78. The Morgan fingerprint density at radius 1 is 1.26 bits per heavy atom. The Morgan fingerprint density at radius 2 is 2.15 bits per heavy atom. The van der Waals surface area contributed by atoms with E-state index in [-0.39, 0.29) is 11.8 Å². The zero-order chi connectivity index (χ0) is 18.3. The summed E-state index contributed by atoms with van der Waals surface area (Å²) in [5, 5.41) is 9.33. The monoisotopic (exact) mass is 361 g/mol. The van der Waals surface area contributed by atoms with Gasteiger partial charge in [-0.25, -0.2) is 9.97 Å². The molecule has 4 atom stereocenters. The fourth-order valence-corrected chi connectivity index (χ4v) is 5.50. The number of benzene rings is 1. The van der Waals surface area contributed by atoms with Gasteiger partial charge in [0, 0.05) is 35.3 Å². The summed E-state index contributed by atoms with van der Waals surface area (Å²) in [7, 11) is 0. The van der Waals surface area contributed by atoms with Crippen LogP contribution in [-0.4, -0.2) is 33.6 Å². The Labute approximate surface area is 158 Å². The first-order valence-electron chi connectivity index (χ1n) is 10.1. The number of carboxylic acids is 1. The maximum atomic E-state index is 11.3. The predicted molar refractivity (Wildman–Crippen MR) is 102 cm³/mol. The van der Waals surface area contributed by atoms with E-state index < -0.39 is 5.97 Å². The maximum absolute atomic E-state index is 11.3. The van der Waals surface area contributed by atoms with Crippen molar-refractivity contribution in [3.63, 3.8) is 0 Å². The van der Waals surface area contributed by atoms with Crippen molar-refractivity contribution >= 4 is 11.9 Å². The molecule has 1 aliphatic heterocycles. The Bertz CT molecular complexity index is 986. The van der Waals surface area contributed by atoms with Gasteiger partial charge in [0.05, 0.1) is 11.6 Å². The van der Waals surface area contributed by atoms with Crippen molar-refractivity contribution in [1.82, 2.24) is 9.97 Å². The molecule has 2 aromatic rings. The second-order valence-electron chi connectivity index (χ2n) is 8.65. The first kappa shape index (κ1) is 15.6. The summed E-state index contributed by atoms with van der Waals surface area (Å²) in [6, 6.07) is 7.11. The number of rotatable bonds is 3. The van der Waals surface area contributed by atoms with Crippen molar-refractivity contribution in [3.05, 3.63) is 40.6 Å². The molecule has 4 aliphatic rings. The van der Waals surface area contributed by atoms with Crippen LogP contribution in [0, 0.1) is 11.8 Å². The molecule has 0 bridgehead atoms. The van der Waals surface area contributed by atoms with E-state index in [4.69, 9.17) is 9.97 Å². The number of hydrogen-bond donors (Lipinski definition) is 1. The lowest BCUT2D eigenvalue weighted by molar-refractivity contribution is -0.139. The number of hydrogen-bond acceptors (Lipinski definition) is 4. The Morgan fingerprint density at radius 3 is 2.89 bits per heavy atom. The Hall–Kier alpha value is -2.43.